The first kappa shape index (κ1) is 30.9. The summed E-state index contributed by atoms with van der Waals surface area (Å²) in [6.07, 6.45) is 9.49. The Morgan fingerprint density at radius 2 is 1.64 bits per heavy atom. The second kappa shape index (κ2) is 15.2. The van der Waals surface area contributed by atoms with Gasteiger partial charge in [-0.05, 0) is 93.2 Å². The van der Waals surface area contributed by atoms with Crippen molar-refractivity contribution in [2.24, 2.45) is 0 Å². The topological polar surface area (TPSA) is 88.8 Å². The lowest BCUT2D eigenvalue weighted by atomic mass is 10.0. The lowest BCUT2D eigenvalue weighted by molar-refractivity contribution is 0.103. The zero-order valence-corrected chi connectivity index (χ0v) is 24.7. The molecule has 1 aromatic carbocycles. The number of unbranched alkanes of at least 4 members (excludes halogenated alkanes) is 2. The van der Waals surface area contributed by atoms with Crippen LogP contribution in [-0.4, -0.2) is 51.4 Å². The van der Waals surface area contributed by atoms with Crippen LogP contribution < -0.4 is 9.46 Å². The maximum atomic E-state index is 13.4. The highest BCUT2D eigenvalue weighted by atomic mass is 32.2. The van der Waals surface area contributed by atoms with Gasteiger partial charge in [-0.2, -0.15) is 0 Å². The van der Waals surface area contributed by atoms with E-state index in [0.29, 0.717) is 40.8 Å². The van der Waals surface area contributed by atoms with Crippen LogP contribution in [-0.2, 0) is 15.8 Å². The smallest absolute Gasteiger partial charge is 0.216 e. The molecule has 2 aliphatic rings. The Kier molecular flexibility index (Phi) is 12.0. The minimum atomic E-state index is -3.56. The van der Waals surface area contributed by atoms with Crippen molar-refractivity contribution in [1.82, 2.24) is 9.62 Å². The summed E-state index contributed by atoms with van der Waals surface area (Å²) in [5.41, 5.74) is 2.82. The summed E-state index contributed by atoms with van der Waals surface area (Å²) < 4.78 is 39.4. The molecule has 8 heteroatoms. The van der Waals surface area contributed by atoms with Crippen molar-refractivity contribution >= 4 is 15.8 Å². The number of carbonyl (C=O) groups is 1. The molecule has 1 unspecified atom stereocenters. The van der Waals surface area contributed by atoms with Gasteiger partial charge in [0.15, 0.2) is 5.78 Å². The van der Waals surface area contributed by atoms with E-state index in [1.165, 1.54) is 38.2 Å². The van der Waals surface area contributed by atoms with Crippen LogP contribution in [0.15, 0.2) is 53.3 Å². The van der Waals surface area contributed by atoms with Crippen LogP contribution in [0.1, 0.15) is 87.7 Å². The fourth-order valence-electron chi connectivity index (χ4n) is 4.56. The Morgan fingerprint density at radius 3 is 2.28 bits per heavy atom. The summed E-state index contributed by atoms with van der Waals surface area (Å²) in [7, 11) is -3.56. The Balaban J connectivity index is 1.64. The number of benzene rings is 1. The number of carbonyl (C=O) groups excluding carboxylic acids is 1. The molecule has 1 atom stereocenters. The van der Waals surface area contributed by atoms with Gasteiger partial charge < -0.3 is 14.1 Å². The van der Waals surface area contributed by atoms with E-state index in [4.69, 9.17) is 9.15 Å². The lowest BCUT2D eigenvalue weighted by Crippen LogP contribution is -2.32. The number of hydrogen-bond donors (Lipinski definition) is 1. The van der Waals surface area contributed by atoms with Crippen LogP contribution in [0.25, 0.3) is 11.1 Å². The minimum Gasteiger partial charge on any atom is -0.494 e. The van der Waals surface area contributed by atoms with Crippen LogP contribution in [0.4, 0.5) is 0 Å². The number of ether oxygens (including phenoxy) is 1. The molecule has 3 rings (SSSR count). The molecule has 0 saturated heterocycles. The van der Waals surface area contributed by atoms with Gasteiger partial charge in [-0.3, -0.25) is 4.79 Å². The molecule has 0 amide bonds. The van der Waals surface area contributed by atoms with E-state index >= 15 is 0 Å². The van der Waals surface area contributed by atoms with Crippen LogP contribution >= 0.6 is 0 Å². The first-order chi connectivity index (χ1) is 18.8. The monoisotopic (exact) mass is 556 g/mol. The summed E-state index contributed by atoms with van der Waals surface area (Å²) >= 11 is 0. The highest BCUT2D eigenvalue weighted by molar-refractivity contribution is 7.88. The molecule has 1 aliphatic carbocycles. The Hall–Kier alpha value is -2.68. The summed E-state index contributed by atoms with van der Waals surface area (Å²) in [5.74, 6) is 0.339. The van der Waals surface area contributed by atoms with Gasteiger partial charge >= 0.3 is 0 Å². The van der Waals surface area contributed by atoms with Gasteiger partial charge in [-0.15, -0.1) is 0 Å². The van der Waals surface area contributed by atoms with E-state index < -0.39 is 10.0 Å². The fourth-order valence-corrected chi connectivity index (χ4v) is 6.08. The van der Waals surface area contributed by atoms with E-state index in [9.17, 15) is 13.2 Å². The van der Waals surface area contributed by atoms with E-state index in [1.54, 1.807) is 24.3 Å². The van der Waals surface area contributed by atoms with E-state index in [1.807, 2.05) is 26.0 Å². The van der Waals surface area contributed by atoms with Gasteiger partial charge in [0.1, 0.15) is 5.75 Å². The molecule has 0 aromatic heterocycles. The van der Waals surface area contributed by atoms with Crippen molar-refractivity contribution in [2.45, 2.75) is 78.0 Å². The number of fused-ring (bicyclic) bond motifs is 1. The van der Waals surface area contributed by atoms with Gasteiger partial charge in [0.25, 0.3) is 0 Å². The number of rotatable bonds is 18. The molecule has 0 bridgehead atoms. The van der Waals surface area contributed by atoms with Gasteiger partial charge in [0.2, 0.25) is 10.0 Å². The molecule has 0 radical (unpaired) electrons. The highest BCUT2D eigenvalue weighted by Gasteiger charge is 2.25. The highest BCUT2D eigenvalue weighted by Crippen LogP contribution is 2.35. The normalized spacial score (nSPS) is 12.7. The van der Waals surface area contributed by atoms with Gasteiger partial charge in [0, 0.05) is 29.3 Å². The third kappa shape index (κ3) is 9.19. The van der Waals surface area contributed by atoms with Crippen molar-refractivity contribution in [1.29, 1.82) is 0 Å². The average Bonchev–Trinajstić information content (AvgIpc) is 3.29. The molecule has 214 valence electrons. The minimum absolute atomic E-state index is 0.158. The van der Waals surface area contributed by atoms with Gasteiger partial charge in [-0.25, -0.2) is 13.1 Å². The SMILES string of the molecule is CCCCN(CCCC)CCCOc1ccc(C(=O)c2cc(CS(=O)(=O)NC(C)CC)c3ccocc2-3)cc1. The summed E-state index contributed by atoms with van der Waals surface area (Å²) in [6.45, 7) is 12.1. The maximum absolute atomic E-state index is 13.4. The van der Waals surface area contributed by atoms with Crippen molar-refractivity contribution in [3.63, 3.8) is 0 Å². The van der Waals surface area contributed by atoms with E-state index in [0.717, 1.165) is 31.8 Å². The molecule has 39 heavy (non-hydrogen) atoms. The average molecular weight is 557 g/mol. The molecule has 7 nitrogen and oxygen atoms in total. The fraction of sp³-hybridized carbons (Fsp3) is 0.516. The second-order valence-corrected chi connectivity index (χ2v) is 12.0. The molecular weight excluding hydrogens is 512 g/mol. The largest absolute Gasteiger partial charge is 0.494 e. The standard InChI is InChI=1S/C31H44N2O5S/c1-5-8-16-33(17-9-6-2)18-10-19-38-27-13-11-25(12-14-27)31(34)29-21-26(28-15-20-37-22-30(28)29)23-39(35,36)32-24(4)7-3/h11-15,20-22,24,32H,5-10,16-19,23H2,1-4H3. The molecule has 0 spiro atoms. The first-order valence-electron chi connectivity index (χ1n) is 14.3. The van der Waals surface area contributed by atoms with Crippen LogP contribution in [0.3, 0.4) is 0 Å². The lowest BCUT2D eigenvalue weighted by Gasteiger charge is -2.21. The second-order valence-electron chi connectivity index (χ2n) is 10.3. The van der Waals surface area contributed by atoms with Crippen LogP contribution in [0.2, 0.25) is 0 Å². The van der Waals surface area contributed by atoms with Gasteiger partial charge in [-0.1, -0.05) is 33.6 Å². The maximum Gasteiger partial charge on any atom is 0.216 e. The molecular formula is C31H44N2O5S. The van der Waals surface area contributed by atoms with Crippen LogP contribution in [0, 0.1) is 0 Å². The van der Waals surface area contributed by atoms with Gasteiger partial charge in [0.05, 0.1) is 24.9 Å². The predicted molar refractivity (Wildman–Crippen MR) is 157 cm³/mol. The zero-order valence-electron chi connectivity index (χ0n) is 23.9. The van der Waals surface area contributed by atoms with Crippen molar-refractivity contribution in [3.8, 4) is 16.9 Å². The summed E-state index contributed by atoms with van der Waals surface area (Å²) in [4.78, 5) is 16.0. The summed E-state index contributed by atoms with van der Waals surface area (Å²) in [6, 6.07) is 10.4. The molecule has 0 saturated carbocycles. The number of nitrogens with one attached hydrogen (secondary N) is 1. The van der Waals surface area contributed by atoms with Crippen molar-refractivity contribution in [2.75, 3.05) is 26.2 Å². The summed E-state index contributed by atoms with van der Waals surface area (Å²) in [5, 5.41) is 0. The number of nitrogens with zero attached hydrogens (tertiary/aromatic N) is 1. The first-order valence-corrected chi connectivity index (χ1v) is 15.9. The Labute approximate surface area is 234 Å². The van der Waals surface area contributed by atoms with Crippen molar-refractivity contribution < 1.29 is 22.4 Å². The van der Waals surface area contributed by atoms with Crippen molar-refractivity contribution in [3.05, 3.63) is 65.6 Å². The Morgan fingerprint density at radius 1 is 0.974 bits per heavy atom. The zero-order chi connectivity index (χ0) is 28.3. The third-order valence-electron chi connectivity index (χ3n) is 6.99. The quantitative estimate of drug-likeness (QED) is 0.142. The molecule has 1 aliphatic heterocycles. The number of sulfonamides is 1. The molecule has 1 aromatic rings. The van der Waals surface area contributed by atoms with E-state index in [-0.39, 0.29) is 17.6 Å². The van der Waals surface area contributed by atoms with Crippen LogP contribution in [0.5, 0.6) is 5.75 Å². The number of ketones is 1. The molecule has 1 heterocycles. The van der Waals surface area contributed by atoms with E-state index in [2.05, 4.69) is 23.5 Å². The predicted octanol–water partition coefficient (Wildman–Crippen LogP) is 6.50. The Bertz CT molecular complexity index is 1230. The third-order valence-corrected chi connectivity index (χ3v) is 8.44. The number of hydrogen-bond acceptors (Lipinski definition) is 6. The molecule has 0 fully saturated rings. The molecule has 1 N–H and O–H groups in total.